The number of ether oxygens (including phenoxy) is 1. The summed E-state index contributed by atoms with van der Waals surface area (Å²) in [6.45, 7) is 6.48. The molecule has 2 unspecified atom stereocenters. The quantitative estimate of drug-likeness (QED) is 0.548. The monoisotopic (exact) mass is 327 g/mol. The van der Waals surface area contributed by atoms with Gasteiger partial charge in [0.2, 0.25) is 0 Å². The fourth-order valence-corrected chi connectivity index (χ4v) is 2.84. The molecule has 0 N–H and O–H groups in total. The molecule has 0 fully saturated rings. The molecule has 0 spiro atoms. The van der Waals surface area contributed by atoms with E-state index in [0.29, 0.717) is 38.2 Å². The van der Waals surface area contributed by atoms with E-state index in [9.17, 15) is 4.79 Å². The fraction of sp³-hybridized carbons (Fsp3) is 0.500. The van der Waals surface area contributed by atoms with Gasteiger partial charge in [0.1, 0.15) is 12.4 Å². The van der Waals surface area contributed by atoms with Crippen molar-refractivity contribution < 1.29 is 14.4 Å². The van der Waals surface area contributed by atoms with Gasteiger partial charge < -0.3 is 9.57 Å². The molecule has 0 saturated carbocycles. The SMILES string of the molecule is C#CCC1=C(C)C=C(OCC2=NOC(C=O)(CC)CC2)C=CC1C. The van der Waals surface area contributed by atoms with E-state index in [0.717, 1.165) is 23.3 Å². The molecule has 0 aromatic heterocycles. The lowest BCUT2D eigenvalue weighted by atomic mass is 9.94. The minimum atomic E-state index is -0.760. The Labute approximate surface area is 144 Å². The van der Waals surface area contributed by atoms with Crippen LogP contribution in [0, 0.1) is 18.3 Å². The molecule has 2 atom stereocenters. The Hall–Kier alpha value is -2.28. The first-order valence-electron chi connectivity index (χ1n) is 8.39. The largest absolute Gasteiger partial charge is 0.488 e. The number of carbonyl (C=O) groups excluding carboxylic acids is 1. The Morgan fingerprint density at radius 1 is 1.58 bits per heavy atom. The van der Waals surface area contributed by atoms with Gasteiger partial charge in [-0.15, -0.1) is 12.3 Å². The first-order chi connectivity index (χ1) is 11.5. The van der Waals surface area contributed by atoms with E-state index in [1.807, 2.05) is 19.1 Å². The molecule has 0 amide bonds. The molecule has 0 aromatic rings. The highest BCUT2D eigenvalue weighted by molar-refractivity contribution is 5.86. The molecule has 2 aliphatic rings. The number of oxime groups is 1. The van der Waals surface area contributed by atoms with Crippen molar-refractivity contribution in [3.63, 3.8) is 0 Å². The molecule has 0 aromatic carbocycles. The van der Waals surface area contributed by atoms with Crippen molar-refractivity contribution in [1.82, 2.24) is 0 Å². The van der Waals surface area contributed by atoms with Crippen molar-refractivity contribution in [2.24, 2.45) is 11.1 Å². The lowest BCUT2D eigenvalue weighted by Gasteiger charge is -2.28. The number of carbonyl (C=O) groups is 1. The Bertz CT molecular complexity index is 648. The molecule has 4 nitrogen and oxygen atoms in total. The summed E-state index contributed by atoms with van der Waals surface area (Å²) in [5, 5.41) is 4.08. The van der Waals surface area contributed by atoms with Crippen LogP contribution in [0.1, 0.15) is 46.5 Å². The van der Waals surface area contributed by atoms with Gasteiger partial charge in [0.25, 0.3) is 0 Å². The molecule has 1 aliphatic heterocycles. The maximum Gasteiger partial charge on any atom is 0.192 e. The van der Waals surface area contributed by atoms with E-state index < -0.39 is 5.60 Å². The van der Waals surface area contributed by atoms with Gasteiger partial charge >= 0.3 is 0 Å². The third kappa shape index (κ3) is 4.17. The van der Waals surface area contributed by atoms with Crippen LogP contribution >= 0.6 is 0 Å². The van der Waals surface area contributed by atoms with Gasteiger partial charge in [-0.05, 0) is 49.0 Å². The summed E-state index contributed by atoms with van der Waals surface area (Å²) in [6, 6.07) is 0. The molecular weight excluding hydrogens is 302 g/mol. The maximum atomic E-state index is 11.2. The van der Waals surface area contributed by atoms with Crippen LogP contribution in [0.25, 0.3) is 0 Å². The molecule has 1 heterocycles. The van der Waals surface area contributed by atoms with E-state index in [-0.39, 0.29) is 0 Å². The third-order valence-corrected chi connectivity index (χ3v) is 4.67. The van der Waals surface area contributed by atoms with Gasteiger partial charge in [-0.2, -0.15) is 0 Å². The standard InChI is InChI=1S/C20H25NO3/c1-5-7-19-15(3)8-9-18(12-16(19)4)23-13-17-10-11-20(6-2,14-22)24-21-17/h1,8-9,12,14-15H,6-7,10-11,13H2,2-4H3. The van der Waals surface area contributed by atoms with E-state index in [2.05, 4.69) is 31.0 Å². The van der Waals surface area contributed by atoms with Crippen LogP contribution in [-0.2, 0) is 14.4 Å². The normalized spacial score (nSPS) is 26.7. The van der Waals surface area contributed by atoms with E-state index in [1.165, 1.54) is 5.57 Å². The van der Waals surface area contributed by atoms with Gasteiger partial charge in [0.05, 0.1) is 5.71 Å². The number of hydrogen-bond donors (Lipinski definition) is 0. The average molecular weight is 327 g/mol. The highest BCUT2D eigenvalue weighted by Gasteiger charge is 2.33. The number of nitrogens with zero attached hydrogens (tertiary/aromatic N) is 1. The van der Waals surface area contributed by atoms with Gasteiger partial charge in [0, 0.05) is 12.8 Å². The second-order valence-electron chi connectivity index (χ2n) is 6.36. The van der Waals surface area contributed by atoms with Crippen molar-refractivity contribution in [2.45, 2.75) is 52.1 Å². The second-order valence-corrected chi connectivity index (χ2v) is 6.36. The molecule has 2 rings (SSSR count). The Morgan fingerprint density at radius 3 is 2.96 bits per heavy atom. The van der Waals surface area contributed by atoms with Crippen molar-refractivity contribution in [1.29, 1.82) is 0 Å². The second kappa shape index (κ2) is 8.01. The topological polar surface area (TPSA) is 47.9 Å². The predicted octanol–water partition coefficient (Wildman–Crippen LogP) is 3.95. The van der Waals surface area contributed by atoms with Crippen LogP contribution in [-0.4, -0.2) is 24.2 Å². The molecular formula is C20H25NO3. The van der Waals surface area contributed by atoms with Crippen LogP contribution in [0.3, 0.4) is 0 Å². The first-order valence-corrected chi connectivity index (χ1v) is 8.39. The van der Waals surface area contributed by atoms with Gasteiger partial charge in [-0.1, -0.05) is 25.1 Å². The highest BCUT2D eigenvalue weighted by Crippen LogP contribution is 2.27. The predicted molar refractivity (Wildman–Crippen MR) is 95.3 cm³/mol. The first kappa shape index (κ1) is 18.1. The molecule has 24 heavy (non-hydrogen) atoms. The molecule has 0 radical (unpaired) electrons. The summed E-state index contributed by atoms with van der Waals surface area (Å²) in [7, 11) is 0. The Balaban J connectivity index is 2.01. The molecule has 0 bridgehead atoms. The maximum absolute atomic E-state index is 11.2. The number of allylic oxidation sites excluding steroid dienone is 5. The zero-order valence-corrected chi connectivity index (χ0v) is 14.7. The van der Waals surface area contributed by atoms with Crippen molar-refractivity contribution >= 4 is 12.0 Å². The molecule has 4 heteroatoms. The van der Waals surface area contributed by atoms with Crippen molar-refractivity contribution in [2.75, 3.05) is 6.61 Å². The summed E-state index contributed by atoms with van der Waals surface area (Å²) in [6.07, 6.45) is 15.0. The van der Waals surface area contributed by atoms with E-state index in [1.54, 1.807) is 0 Å². The Kier molecular flexibility index (Phi) is 6.03. The van der Waals surface area contributed by atoms with E-state index in [4.69, 9.17) is 16.0 Å². The number of rotatable bonds is 6. The zero-order chi connectivity index (χ0) is 17.6. The minimum absolute atomic E-state index is 0.298. The van der Waals surface area contributed by atoms with Crippen LogP contribution in [0.5, 0.6) is 0 Å². The summed E-state index contributed by atoms with van der Waals surface area (Å²) in [4.78, 5) is 16.6. The summed E-state index contributed by atoms with van der Waals surface area (Å²) >= 11 is 0. The van der Waals surface area contributed by atoms with Crippen molar-refractivity contribution in [3.8, 4) is 12.3 Å². The summed E-state index contributed by atoms with van der Waals surface area (Å²) in [5.74, 6) is 3.80. The van der Waals surface area contributed by atoms with E-state index >= 15 is 0 Å². The van der Waals surface area contributed by atoms with Gasteiger partial charge in [-0.25, -0.2) is 0 Å². The van der Waals surface area contributed by atoms with Gasteiger partial charge in [-0.3, -0.25) is 4.79 Å². The smallest absolute Gasteiger partial charge is 0.192 e. The highest BCUT2D eigenvalue weighted by atomic mass is 16.7. The number of hydrogen-bond acceptors (Lipinski definition) is 4. The number of aldehydes is 1. The van der Waals surface area contributed by atoms with Crippen LogP contribution in [0.2, 0.25) is 0 Å². The molecule has 1 aliphatic carbocycles. The zero-order valence-electron chi connectivity index (χ0n) is 14.7. The minimum Gasteiger partial charge on any atom is -0.488 e. The van der Waals surface area contributed by atoms with Crippen LogP contribution in [0.4, 0.5) is 0 Å². The van der Waals surface area contributed by atoms with Crippen LogP contribution < -0.4 is 0 Å². The lowest BCUT2D eigenvalue weighted by molar-refractivity contribution is -0.134. The van der Waals surface area contributed by atoms with Crippen molar-refractivity contribution in [3.05, 3.63) is 35.1 Å². The fourth-order valence-electron chi connectivity index (χ4n) is 2.84. The Morgan fingerprint density at radius 2 is 2.38 bits per heavy atom. The molecule has 128 valence electrons. The number of terminal acetylenes is 1. The lowest BCUT2D eigenvalue weighted by Crippen LogP contribution is -2.36. The molecule has 0 saturated heterocycles. The summed E-state index contributed by atoms with van der Waals surface area (Å²) in [5.41, 5.74) is 2.44. The average Bonchev–Trinajstić information content (AvgIpc) is 2.74. The van der Waals surface area contributed by atoms with Gasteiger partial charge in [0.15, 0.2) is 11.9 Å². The van der Waals surface area contributed by atoms with Crippen LogP contribution in [0.15, 0.2) is 40.3 Å². The summed E-state index contributed by atoms with van der Waals surface area (Å²) < 4.78 is 5.87. The third-order valence-electron chi connectivity index (χ3n) is 4.67.